The van der Waals surface area contributed by atoms with Crippen molar-refractivity contribution in [3.8, 4) is 5.75 Å². The molecule has 1 saturated heterocycles. The van der Waals surface area contributed by atoms with E-state index >= 15 is 0 Å². The monoisotopic (exact) mass is 476 g/mol. The van der Waals surface area contributed by atoms with Gasteiger partial charge in [0, 0.05) is 33.8 Å². The van der Waals surface area contributed by atoms with Gasteiger partial charge in [-0.15, -0.1) is 0 Å². The third-order valence-corrected chi connectivity index (χ3v) is 6.43. The SMILES string of the molecule is COc1ccc(Cl)cc1NC(=O)[C@@H]1C[C@H](CC(N)=O)N[C@@]12C(=O)Nc1c(C)cc(Cl)cc12. The molecule has 0 unspecified atom stereocenters. The standard InChI is InChI=1S/C22H22Cl2N4O4/c1-10-5-12(24)6-14-19(10)27-21(31)22(14)15(8-13(28-22)9-18(25)29)20(30)26-16-7-11(23)3-4-17(16)32-2/h3-7,13,15,28H,8-9H2,1-2H3,(H2,25,29)(H,26,30)(H,27,31)/t13-,15+,22-/m1/s1. The number of ether oxygens (including phenoxy) is 1. The van der Waals surface area contributed by atoms with E-state index in [2.05, 4.69) is 16.0 Å². The number of methoxy groups -OCH3 is 1. The second-order valence-electron chi connectivity index (χ2n) is 8.04. The number of fused-ring (bicyclic) bond motifs is 2. The lowest BCUT2D eigenvalue weighted by Crippen LogP contribution is -2.52. The maximum absolute atomic E-state index is 13.5. The van der Waals surface area contributed by atoms with E-state index in [1.807, 2.05) is 6.92 Å². The zero-order chi connectivity index (χ0) is 23.2. The Morgan fingerprint density at radius 1 is 1.25 bits per heavy atom. The van der Waals surface area contributed by atoms with Crippen LogP contribution in [0.2, 0.25) is 10.0 Å². The summed E-state index contributed by atoms with van der Waals surface area (Å²) in [5.41, 5.74) is 6.32. The second kappa shape index (κ2) is 8.27. The Morgan fingerprint density at radius 2 is 2.00 bits per heavy atom. The summed E-state index contributed by atoms with van der Waals surface area (Å²) in [6, 6.07) is 7.78. The first kappa shape index (κ1) is 22.4. The Kier molecular flexibility index (Phi) is 5.79. The molecule has 2 heterocycles. The molecule has 0 radical (unpaired) electrons. The number of halogens is 2. The lowest BCUT2D eigenvalue weighted by atomic mass is 9.79. The predicted octanol–water partition coefficient (Wildman–Crippen LogP) is 2.95. The fourth-order valence-electron chi connectivity index (χ4n) is 4.67. The number of nitrogens with two attached hydrogens (primary N) is 1. The van der Waals surface area contributed by atoms with Gasteiger partial charge in [-0.1, -0.05) is 23.2 Å². The Balaban J connectivity index is 1.78. The van der Waals surface area contributed by atoms with Crippen molar-refractivity contribution in [2.24, 2.45) is 11.7 Å². The van der Waals surface area contributed by atoms with Crippen molar-refractivity contribution in [3.05, 3.63) is 51.5 Å². The molecule has 1 spiro atoms. The molecule has 8 nitrogen and oxygen atoms in total. The first-order valence-electron chi connectivity index (χ1n) is 9.98. The molecule has 2 aliphatic heterocycles. The average molecular weight is 477 g/mol. The fraction of sp³-hybridized carbons (Fsp3) is 0.318. The number of amides is 3. The van der Waals surface area contributed by atoms with Crippen LogP contribution in [0.3, 0.4) is 0 Å². The number of primary amides is 1. The molecule has 2 aromatic rings. The van der Waals surface area contributed by atoms with E-state index in [-0.39, 0.29) is 18.7 Å². The van der Waals surface area contributed by atoms with Crippen molar-refractivity contribution in [2.45, 2.75) is 31.3 Å². The minimum atomic E-state index is -1.40. The van der Waals surface area contributed by atoms with Crippen LogP contribution in [-0.4, -0.2) is 30.9 Å². The number of nitrogens with one attached hydrogen (secondary N) is 3. The number of hydrogen-bond acceptors (Lipinski definition) is 5. The van der Waals surface area contributed by atoms with Gasteiger partial charge >= 0.3 is 0 Å². The number of anilines is 2. The van der Waals surface area contributed by atoms with Gasteiger partial charge < -0.3 is 21.1 Å². The molecule has 1 fully saturated rings. The summed E-state index contributed by atoms with van der Waals surface area (Å²) in [6.07, 6.45) is 0.199. The van der Waals surface area contributed by atoms with Crippen molar-refractivity contribution in [1.82, 2.24) is 5.32 Å². The van der Waals surface area contributed by atoms with E-state index in [0.717, 1.165) is 5.56 Å². The second-order valence-corrected chi connectivity index (χ2v) is 8.91. The normalized spacial score (nSPS) is 23.7. The predicted molar refractivity (Wildman–Crippen MR) is 122 cm³/mol. The van der Waals surface area contributed by atoms with Gasteiger partial charge in [-0.25, -0.2) is 0 Å². The van der Waals surface area contributed by atoms with Gasteiger partial charge in [0.15, 0.2) is 0 Å². The Morgan fingerprint density at radius 3 is 2.69 bits per heavy atom. The number of carbonyl (C=O) groups is 3. The molecule has 32 heavy (non-hydrogen) atoms. The highest BCUT2D eigenvalue weighted by atomic mass is 35.5. The molecule has 3 atom stereocenters. The molecule has 10 heteroatoms. The summed E-state index contributed by atoms with van der Waals surface area (Å²) in [6.45, 7) is 1.83. The summed E-state index contributed by atoms with van der Waals surface area (Å²) in [7, 11) is 1.48. The number of rotatable bonds is 5. The van der Waals surface area contributed by atoms with E-state index in [4.69, 9.17) is 33.7 Å². The summed E-state index contributed by atoms with van der Waals surface area (Å²) in [5.74, 6) is -1.77. The lowest BCUT2D eigenvalue weighted by Gasteiger charge is -2.29. The van der Waals surface area contributed by atoms with Crippen molar-refractivity contribution < 1.29 is 19.1 Å². The molecule has 2 aliphatic rings. The topological polar surface area (TPSA) is 123 Å². The van der Waals surface area contributed by atoms with Crippen LogP contribution in [0.25, 0.3) is 0 Å². The van der Waals surface area contributed by atoms with Gasteiger partial charge in [0.1, 0.15) is 11.3 Å². The van der Waals surface area contributed by atoms with E-state index in [9.17, 15) is 14.4 Å². The highest BCUT2D eigenvalue weighted by Gasteiger charge is 2.60. The lowest BCUT2D eigenvalue weighted by molar-refractivity contribution is -0.130. The van der Waals surface area contributed by atoms with Gasteiger partial charge in [-0.2, -0.15) is 0 Å². The van der Waals surface area contributed by atoms with Crippen LogP contribution in [0, 0.1) is 12.8 Å². The third-order valence-electron chi connectivity index (χ3n) is 5.98. The first-order valence-corrected chi connectivity index (χ1v) is 10.7. The molecule has 0 aliphatic carbocycles. The first-order chi connectivity index (χ1) is 15.1. The molecule has 0 aromatic heterocycles. The average Bonchev–Trinajstić information content (AvgIpc) is 3.21. The van der Waals surface area contributed by atoms with Crippen LogP contribution in [0.4, 0.5) is 11.4 Å². The maximum Gasteiger partial charge on any atom is 0.250 e. The van der Waals surface area contributed by atoms with Crippen molar-refractivity contribution >= 4 is 52.3 Å². The zero-order valence-electron chi connectivity index (χ0n) is 17.4. The van der Waals surface area contributed by atoms with Crippen LogP contribution in [-0.2, 0) is 19.9 Å². The smallest absolute Gasteiger partial charge is 0.250 e. The molecule has 168 valence electrons. The van der Waals surface area contributed by atoms with Gasteiger partial charge in [-0.05, 0) is 49.2 Å². The molecular weight excluding hydrogens is 455 g/mol. The molecule has 5 N–H and O–H groups in total. The summed E-state index contributed by atoms with van der Waals surface area (Å²) in [4.78, 5) is 38.5. The van der Waals surface area contributed by atoms with E-state index < -0.39 is 29.3 Å². The van der Waals surface area contributed by atoms with Gasteiger partial charge in [-0.3, -0.25) is 19.7 Å². The van der Waals surface area contributed by atoms with Crippen molar-refractivity contribution in [1.29, 1.82) is 0 Å². The van der Waals surface area contributed by atoms with Crippen LogP contribution >= 0.6 is 23.2 Å². The van der Waals surface area contributed by atoms with E-state index in [1.165, 1.54) is 7.11 Å². The molecule has 0 bridgehead atoms. The van der Waals surface area contributed by atoms with Crippen molar-refractivity contribution in [2.75, 3.05) is 17.7 Å². The highest BCUT2D eigenvalue weighted by Crippen LogP contribution is 2.49. The van der Waals surface area contributed by atoms with Crippen LogP contribution in [0.15, 0.2) is 30.3 Å². The van der Waals surface area contributed by atoms with Gasteiger partial charge in [0.05, 0.1) is 18.7 Å². The number of hydrogen-bond donors (Lipinski definition) is 4. The van der Waals surface area contributed by atoms with Gasteiger partial charge in [0.2, 0.25) is 17.7 Å². The quantitative estimate of drug-likeness (QED) is 0.528. The van der Waals surface area contributed by atoms with Crippen LogP contribution in [0.1, 0.15) is 24.0 Å². The number of carbonyl (C=O) groups excluding carboxylic acids is 3. The molecule has 2 aromatic carbocycles. The molecular formula is C22H22Cl2N4O4. The van der Waals surface area contributed by atoms with Gasteiger partial charge in [0.25, 0.3) is 0 Å². The maximum atomic E-state index is 13.5. The minimum absolute atomic E-state index is 0.0197. The van der Waals surface area contributed by atoms with E-state index in [1.54, 1.807) is 30.3 Å². The summed E-state index contributed by atoms with van der Waals surface area (Å²) < 4.78 is 5.32. The highest BCUT2D eigenvalue weighted by molar-refractivity contribution is 6.31. The Hall–Kier alpha value is -2.81. The van der Waals surface area contributed by atoms with Crippen LogP contribution < -0.4 is 26.4 Å². The largest absolute Gasteiger partial charge is 0.495 e. The molecule has 3 amide bonds. The summed E-state index contributed by atoms with van der Waals surface area (Å²) in [5, 5.41) is 9.79. The fourth-order valence-corrected chi connectivity index (χ4v) is 5.11. The summed E-state index contributed by atoms with van der Waals surface area (Å²) >= 11 is 12.4. The van der Waals surface area contributed by atoms with E-state index in [0.29, 0.717) is 32.7 Å². The number of benzene rings is 2. The Labute approximate surface area is 194 Å². The zero-order valence-corrected chi connectivity index (χ0v) is 18.9. The Bertz CT molecular complexity index is 1140. The minimum Gasteiger partial charge on any atom is -0.495 e. The molecule has 4 rings (SSSR count). The number of aryl methyl sites for hydroxylation is 1. The molecule has 0 saturated carbocycles. The van der Waals surface area contributed by atoms with Crippen molar-refractivity contribution in [3.63, 3.8) is 0 Å². The van der Waals surface area contributed by atoms with Crippen LogP contribution in [0.5, 0.6) is 5.75 Å². The third kappa shape index (κ3) is 3.68.